The second kappa shape index (κ2) is 31.5. The molecule has 70 heavy (non-hydrogen) atoms. The van der Waals surface area contributed by atoms with Gasteiger partial charge in [-0.25, -0.2) is 24.4 Å². The second-order valence-corrected chi connectivity index (χ2v) is 21.7. The molecule has 1 aromatic carbocycles. The summed E-state index contributed by atoms with van der Waals surface area (Å²) in [6.07, 6.45) is 24.8. The molecule has 0 spiro atoms. The summed E-state index contributed by atoms with van der Waals surface area (Å²) < 4.78 is 32.7. The maximum Gasteiger partial charge on any atom is 0.376 e. The number of carbonyl (C=O) groups excluding carboxylic acids is 4. The first-order valence-electron chi connectivity index (χ1n) is 27.5. The number of benzene rings is 1. The lowest BCUT2D eigenvalue weighted by molar-refractivity contribution is -0.224. The quantitative estimate of drug-likeness (QED) is 0.183. The molecule has 6 fully saturated rings. The zero-order valence-corrected chi connectivity index (χ0v) is 44.9. The van der Waals surface area contributed by atoms with Crippen molar-refractivity contribution < 1.29 is 47.6 Å². The maximum atomic E-state index is 12.0. The van der Waals surface area contributed by atoms with Crippen LogP contribution in [0.1, 0.15) is 216 Å². The Bertz CT molecular complexity index is 1640. The standard InChI is InChI=1S/C15H26O2.C15H20O2.C13H18N2O2.C13H22O4.C2H6/c2*1-11-3-7-13(8-4-11)15(16)17-14-9-5-12(2)6-10-14;1-9-3-5-11(6-4-9)17-13(16)12-14-7-10(2)8-15-12;1-9-3-5-11(6-4-9)17-12(14)13-15-7-10(2)8-16-13;1-2/h11-14H,3-10H2,1-2H3;3-4,7-8,12,14H,5-6,9-10H2,1-2H3;7-9,11H,3-6H2,1-2H3;9-11,13H,3-8H2,1-2H3;1-2H3. The molecule has 394 valence electrons. The Kier molecular flexibility index (Phi) is 26.4. The third-order valence-electron chi connectivity index (χ3n) is 14.8. The molecule has 0 bridgehead atoms. The van der Waals surface area contributed by atoms with Crippen molar-refractivity contribution in [3.05, 3.63) is 59.2 Å². The van der Waals surface area contributed by atoms with Gasteiger partial charge in [0.1, 0.15) is 24.4 Å². The first-order valence-corrected chi connectivity index (χ1v) is 27.5. The fourth-order valence-corrected chi connectivity index (χ4v) is 9.71. The average molecular weight is 977 g/mol. The molecular formula is C58H92N2O10. The van der Waals surface area contributed by atoms with Gasteiger partial charge in [-0.05, 0) is 190 Å². The van der Waals surface area contributed by atoms with Crippen LogP contribution in [0.15, 0.2) is 36.7 Å². The lowest BCUT2D eigenvalue weighted by Gasteiger charge is -2.30. The van der Waals surface area contributed by atoms with Crippen LogP contribution in [-0.4, -0.2) is 77.8 Å². The van der Waals surface area contributed by atoms with E-state index in [9.17, 15) is 19.2 Å². The number of hydrogen-bond acceptors (Lipinski definition) is 12. The Hall–Kier alpha value is -3.90. The monoisotopic (exact) mass is 977 g/mol. The van der Waals surface area contributed by atoms with Crippen LogP contribution in [0.25, 0.3) is 0 Å². The van der Waals surface area contributed by atoms with Gasteiger partial charge < -0.3 is 28.4 Å². The van der Waals surface area contributed by atoms with Crippen LogP contribution in [0.4, 0.5) is 0 Å². The minimum atomic E-state index is -0.800. The van der Waals surface area contributed by atoms with Crippen molar-refractivity contribution in [2.45, 2.75) is 228 Å². The summed E-state index contributed by atoms with van der Waals surface area (Å²) in [5.41, 5.74) is 2.76. The SMILES string of the molecule is CC.CC1CCC(OC(=O)C2CCC(C)CC2)CC1.CC1CCC(OC(=O)C2OCC(C)CO2)CC1.Cc1ccc(C(=O)OC2CCC(C)CC2)cc1.Cc1cnc(C(=O)OC2CCC(C)CC2)nc1. The van der Waals surface area contributed by atoms with Crippen molar-refractivity contribution in [3.8, 4) is 0 Å². The number of ether oxygens (including phenoxy) is 6. The van der Waals surface area contributed by atoms with Gasteiger partial charge in [-0.15, -0.1) is 0 Å². The van der Waals surface area contributed by atoms with Crippen molar-refractivity contribution in [1.82, 2.24) is 9.97 Å². The van der Waals surface area contributed by atoms with Crippen LogP contribution in [0.3, 0.4) is 0 Å². The Balaban J connectivity index is 0.000000200. The predicted molar refractivity (Wildman–Crippen MR) is 274 cm³/mol. The molecule has 1 saturated heterocycles. The lowest BCUT2D eigenvalue weighted by atomic mass is 9.83. The van der Waals surface area contributed by atoms with Gasteiger partial charge in [0.05, 0.1) is 24.7 Å². The number of hydrogen-bond donors (Lipinski definition) is 0. The third-order valence-corrected chi connectivity index (χ3v) is 14.8. The Morgan fingerprint density at radius 2 is 0.771 bits per heavy atom. The highest BCUT2D eigenvalue weighted by atomic mass is 16.7. The van der Waals surface area contributed by atoms with Gasteiger partial charge in [0.2, 0.25) is 5.82 Å². The Morgan fingerprint density at radius 3 is 1.17 bits per heavy atom. The molecule has 0 unspecified atom stereocenters. The summed E-state index contributed by atoms with van der Waals surface area (Å²) in [5.74, 6) is 3.80. The van der Waals surface area contributed by atoms with Crippen molar-refractivity contribution in [3.63, 3.8) is 0 Å². The molecule has 5 saturated carbocycles. The van der Waals surface area contributed by atoms with Crippen molar-refractivity contribution in [2.75, 3.05) is 13.2 Å². The number of rotatable bonds is 8. The second-order valence-electron chi connectivity index (χ2n) is 21.7. The minimum absolute atomic E-state index is 0.0450. The number of nitrogens with zero attached hydrogens (tertiary/aromatic N) is 2. The number of esters is 4. The first-order chi connectivity index (χ1) is 33.6. The molecule has 5 aliphatic carbocycles. The number of aromatic nitrogens is 2. The van der Waals surface area contributed by atoms with Crippen LogP contribution >= 0.6 is 0 Å². The van der Waals surface area contributed by atoms with Crippen LogP contribution < -0.4 is 0 Å². The van der Waals surface area contributed by atoms with Gasteiger partial charge in [-0.3, -0.25) is 4.79 Å². The summed E-state index contributed by atoms with van der Waals surface area (Å²) in [6, 6.07) is 7.56. The molecule has 12 nitrogen and oxygen atoms in total. The van der Waals surface area contributed by atoms with Gasteiger partial charge >= 0.3 is 23.9 Å². The van der Waals surface area contributed by atoms with E-state index >= 15 is 0 Å². The van der Waals surface area contributed by atoms with Crippen LogP contribution in [0, 0.1) is 55.3 Å². The molecule has 6 aliphatic rings. The molecular weight excluding hydrogens is 885 g/mol. The van der Waals surface area contributed by atoms with Gasteiger partial charge in [0.25, 0.3) is 6.29 Å². The molecule has 0 N–H and O–H groups in total. The van der Waals surface area contributed by atoms with Gasteiger partial charge in [0.15, 0.2) is 0 Å². The van der Waals surface area contributed by atoms with Crippen LogP contribution in [-0.2, 0) is 38.0 Å². The molecule has 1 aromatic heterocycles. The summed E-state index contributed by atoms with van der Waals surface area (Å²) >= 11 is 0. The van der Waals surface area contributed by atoms with E-state index in [1.807, 2.05) is 58.9 Å². The van der Waals surface area contributed by atoms with Gasteiger partial charge in [-0.1, -0.05) is 73.1 Å². The van der Waals surface area contributed by atoms with Gasteiger partial charge in [-0.2, -0.15) is 0 Å². The van der Waals surface area contributed by atoms with E-state index in [0.717, 1.165) is 131 Å². The van der Waals surface area contributed by atoms with Crippen molar-refractivity contribution in [2.24, 2.45) is 41.4 Å². The molecule has 0 radical (unpaired) electrons. The highest BCUT2D eigenvalue weighted by molar-refractivity contribution is 5.89. The van der Waals surface area contributed by atoms with E-state index in [1.54, 1.807) is 12.4 Å². The van der Waals surface area contributed by atoms with E-state index in [1.165, 1.54) is 38.5 Å². The fourth-order valence-electron chi connectivity index (χ4n) is 9.71. The number of aryl methyl sites for hydroxylation is 2. The third kappa shape index (κ3) is 21.8. The Labute approximate surface area is 422 Å². The summed E-state index contributed by atoms with van der Waals surface area (Å²) in [6.45, 7) is 22.4. The maximum absolute atomic E-state index is 12.0. The van der Waals surface area contributed by atoms with Crippen LogP contribution in [0.5, 0.6) is 0 Å². The molecule has 0 atom stereocenters. The van der Waals surface area contributed by atoms with E-state index < -0.39 is 12.3 Å². The molecule has 2 heterocycles. The highest BCUT2D eigenvalue weighted by Crippen LogP contribution is 2.32. The van der Waals surface area contributed by atoms with E-state index in [4.69, 9.17) is 28.4 Å². The Morgan fingerprint density at radius 1 is 0.429 bits per heavy atom. The summed E-state index contributed by atoms with van der Waals surface area (Å²) in [4.78, 5) is 55.4. The molecule has 12 heteroatoms. The van der Waals surface area contributed by atoms with Crippen molar-refractivity contribution in [1.29, 1.82) is 0 Å². The molecule has 2 aromatic rings. The zero-order valence-electron chi connectivity index (χ0n) is 44.9. The summed E-state index contributed by atoms with van der Waals surface area (Å²) in [7, 11) is 0. The zero-order chi connectivity index (χ0) is 51.0. The van der Waals surface area contributed by atoms with E-state index in [2.05, 4.69) is 44.6 Å². The summed E-state index contributed by atoms with van der Waals surface area (Å²) in [5, 5.41) is 0. The minimum Gasteiger partial charge on any atom is -0.462 e. The smallest absolute Gasteiger partial charge is 0.376 e. The number of carbonyl (C=O) groups is 4. The fraction of sp³-hybridized carbons (Fsp3) is 0.759. The van der Waals surface area contributed by atoms with E-state index in [0.29, 0.717) is 24.7 Å². The van der Waals surface area contributed by atoms with E-state index in [-0.39, 0.29) is 54.1 Å². The first kappa shape index (κ1) is 58.7. The predicted octanol–water partition coefficient (Wildman–Crippen LogP) is 13.3. The average Bonchev–Trinajstić information content (AvgIpc) is 3.36. The van der Waals surface area contributed by atoms with Crippen LogP contribution in [0.2, 0.25) is 0 Å². The largest absolute Gasteiger partial charge is 0.462 e. The molecule has 0 amide bonds. The van der Waals surface area contributed by atoms with Gasteiger partial charge in [0, 0.05) is 18.3 Å². The normalized spacial score (nSPS) is 30.7. The lowest BCUT2D eigenvalue weighted by Crippen LogP contribution is -2.39. The topological polar surface area (TPSA) is 149 Å². The van der Waals surface area contributed by atoms with Crippen molar-refractivity contribution >= 4 is 23.9 Å². The molecule has 8 rings (SSSR count). The highest BCUT2D eigenvalue weighted by Gasteiger charge is 2.32. The molecule has 1 aliphatic heterocycles.